The molecule has 0 fully saturated rings. The van der Waals surface area contributed by atoms with Crippen molar-refractivity contribution in [2.24, 2.45) is 0 Å². The van der Waals surface area contributed by atoms with Gasteiger partial charge in [-0.05, 0) is 50.7 Å². The van der Waals surface area contributed by atoms with Gasteiger partial charge in [-0.15, -0.1) is 0 Å². The largest absolute Gasteiger partial charge is 0.461 e. The predicted molar refractivity (Wildman–Crippen MR) is 96.9 cm³/mol. The van der Waals surface area contributed by atoms with E-state index in [1.54, 1.807) is 0 Å². The fourth-order valence-electron chi connectivity index (χ4n) is 3.99. The van der Waals surface area contributed by atoms with E-state index in [0.29, 0.717) is 5.58 Å². The van der Waals surface area contributed by atoms with Gasteiger partial charge in [0, 0.05) is 34.4 Å². The molecule has 0 saturated heterocycles. The Bertz CT molecular complexity index is 959. The summed E-state index contributed by atoms with van der Waals surface area (Å²) in [4.78, 5) is 12.4. The highest BCUT2D eigenvalue weighted by molar-refractivity contribution is 5.97. The second-order valence-electron chi connectivity index (χ2n) is 7.01. The van der Waals surface area contributed by atoms with E-state index >= 15 is 0 Å². The summed E-state index contributed by atoms with van der Waals surface area (Å²) >= 11 is 0. The van der Waals surface area contributed by atoms with Crippen molar-refractivity contribution >= 4 is 21.9 Å². The molecule has 0 unspecified atom stereocenters. The number of benzene rings is 1. The van der Waals surface area contributed by atoms with E-state index < -0.39 is 0 Å². The first-order chi connectivity index (χ1) is 11.7. The molecular formula is C21H24O3. The van der Waals surface area contributed by atoms with E-state index in [1.165, 1.54) is 23.8 Å². The highest BCUT2D eigenvalue weighted by Crippen LogP contribution is 2.35. The normalized spacial score (nSPS) is 14.4. The van der Waals surface area contributed by atoms with Gasteiger partial charge in [-0.1, -0.05) is 19.8 Å². The van der Waals surface area contributed by atoms with Crippen LogP contribution in [0, 0.1) is 6.92 Å². The van der Waals surface area contributed by atoms with Crippen molar-refractivity contribution in [2.45, 2.75) is 65.2 Å². The Hall–Kier alpha value is -2.03. The van der Waals surface area contributed by atoms with Gasteiger partial charge >= 0.3 is 5.63 Å². The number of hydrogen-bond acceptors (Lipinski definition) is 3. The molecule has 2 aromatic heterocycles. The third-order valence-electron chi connectivity index (χ3n) is 5.39. The second kappa shape index (κ2) is 6.12. The highest BCUT2D eigenvalue weighted by atomic mass is 16.4. The van der Waals surface area contributed by atoms with E-state index in [9.17, 15) is 4.79 Å². The van der Waals surface area contributed by atoms with Crippen LogP contribution in [0.2, 0.25) is 0 Å². The Morgan fingerprint density at radius 3 is 2.62 bits per heavy atom. The molecule has 126 valence electrons. The molecule has 1 aliphatic rings. The summed E-state index contributed by atoms with van der Waals surface area (Å²) in [5.74, 6) is 1.12. The van der Waals surface area contributed by atoms with Crippen LogP contribution in [0.25, 0.3) is 21.9 Å². The average molecular weight is 324 g/mol. The van der Waals surface area contributed by atoms with Crippen molar-refractivity contribution in [3.05, 3.63) is 45.0 Å². The lowest BCUT2D eigenvalue weighted by Crippen LogP contribution is -2.10. The minimum Gasteiger partial charge on any atom is -0.461 e. The lowest BCUT2D eigenvalue weighted by atomic mass is 9.94. The molecule has 3 nitrogen and oxygen atoms in total. The van der Waals surface area contributed by atoms with E-state index in [-0.39, 0.29) is 5.63 Å². The zero-order valence-corrected chi connectivity index (χ0v) is 14.5. The molecule has 0 N–H and O–H groups in total. The molecule has 0 spiro atoms. The van der Waals surface area contributed by atoms with Crippen LogP contribution in [0.4, 0.5) is 0 Å². The summed E-state index contributed by atoms with van der Waals surface area (Å²) in [5, 5.41) is 2.26. The molecule has 24 heavy (non-hydrogen) atoms. The first kappa shape index (κ1) is 15.5. The molecule has 4 rings (SSSR count). The molecule has 0 aliphatic heterocycles. The van der Waals surface area contributed by atoms with Gasteiger partial charge in [0.1, 0.15) is 16.9 Å². The fourth-order valence-corrected chi connectivity index (χ4v) is 3.99. The highest BCUT2D eigenvalue weighted by Gasteiger charge is 2.20. The molecule has 1 aromatic carbocycles. The molecule has 3 heteroatoms. The zero-order valence-electron chi connectivity index (χ0n) is 14.5. The number of hydrogen-bond donors (Lipinski definition) is 0. The van der Waals surface area contributed by atoms with Gasteiger partial charge in [0.15, 0.2) is 0 Å². The van der Waals surface area contributed by atoms with Crippen molar-refractivity contribution in [1.29, 1.82) is 0 Å². The van der Waals surface area contributed by atoms with Gasteiger partial charge in [-0.2, -0.15) is 0 Å². The van der Waals surface area contributed by atoms with E-state index in [1.807, 2.05) is 6.07 Å². The van der Waals surface area contributed by atoms with Gasteiger partial charge in [0.2, 0.25) is 0 Å². The lowest BCUT2D eigenvalue weighted by Gasteiger charge is -2.09. The maximum absolute atomic E-state index is 12.4. The Balaban J connectivity index is 1.89. The van der Waals surface area contributed by atoms with Gasteiger partial charge in [0.25, 0.3) is 0 Å². The molecule has 0 amide bonds. The van der Waals surface area contributed by atoms with Crippen LogP contribution in [0.3, 0.4) is 0 Å². The van der Waals surface area contributed by atoms with Crippen LogP contribution in [-0.4, -0.2) is 0 Å². The first-order valence-electron chi connectivity index (χ1n) is 9.19. The number of fused-ring (bicyclic) bond motifs is 4. The third-order valence-corrected chi connectivity index (χ3v) is 5.39. The average Bonchev–Trinajstić information content (AvgIpc) is 2.94. The first-order valence-corrected chi connectivity index (χ1v) is 9.19. The monoisotopic (exact) mass is 324 g/mol. The van der Waals surface area contributed by atoms with Crippen molar-refractivity contribution in [2.75, 3.05) is 0 Å². The Kier molecular flexibility index (Phi) is 3.95. The van der Waals surface area contributed by atoms with E-state index in [2.05, 4.69) is 19.9 Å². The van der Waals surface area contributed by atoms with Crippen molar-refractivity contribution < 1.29 is 8.83 Å². The molecule has 3 aromatic rings. The summed E-state index contributed by atoms with van der Waals surface area (Å²) in [5.41, 5.74) is 4.59. The second-order valence-corrected chi connectivity index (χ2v) is 7.01. The molecule has 0 bridgehead atoms. The van der Waals surface area contributed by atoms with Crippen molar-refractivity contribution in [1.82, 2.24) is 0 Å². The topological polar surface area (TPSA) is 43.4 Å². The summed E-state index contributed by atoms with van der Waals surface area (Å²) < 4.78 is 11.7. The van der Waals surface area contributed by atoms with Crippen LogP contribution in [0.5, 0.6) is 0 Å². The van der Waals surface area contributed by atoms with E-state index in [4.69, 9.17) is 8.83 Å². The molecule has 1 aliphatic carbocycles. The van der Waals surface area contributed by atoms with Crippen LogP contribution in [-0.2, 0) is 19.3 Å². The standard InChI is InChI=1S/C21H24O3/c1-3-4-5-8-14-13(2)16-11-17-15-9-6-7-10-18(15)23-20(17)12-19(16)24-21(14)22/h11-12H,3-10H2,1-2H3. The van der Waals surface area contributed by atoms with Crippen LogP contribution in [0.1, 0.15) is 61.5 Å². The summed E-state index contributed by atoms with van der Waals surface area (Å²) in [7, 11) is 0. The molecule has 2 heterocycles. The summed E-state index contributed by atoms with van der Waals surface area (Å²) in [6.07, 6.45) is 8.67. The van der Waals surface area contributed by atoms with Gasteiger partial charge in [-0.3, -0.25) is 0 Å². The SMILES string of the molecule is CCCCCc1c(C)c2cc3c4c(oc3cc2oc1=O)CCCC4. The quantitative estimate of drug-likeness (QED) is 0.473. The number of rotatable bonds is 4. The smallest absolute Gasteiger partial charge is 0.339 e. The minimum atomic E-state index is -0.188. The van der Waals surface area contributed by atoms with Crippen LogP contribution >= 0.6 is 0 Å². The molecular weight excluding hydrogens is 300 g/mol. The maximum atomic E-state index is 12.4. The van der Waals surface area contributed by atoms with Crippen molar-refractivity contribution in [3.63, 3.8) is 0 Å². The summed E-state index contributed by atoms with van der Waals surface area (Å²) in [6.45, 7) is 4.23. The number of aryl methyl sites for hydroxylation is 3. The molecule has 0 radical (unpaired) electrons. The predicted octanol–water partition coefficient (Wildman–Crippen LogP) is 5.46. The van der Waals surface area contributed by atoms with Crippen LogP contribution < -0.4 is 5.63 Å². The number of unbranched alkanes of at least 4 members (excludes halogenated alkanes) is 2. The van der Waals surface area contributed by atoms with Gasteiger partial charge in [-0.25, -0.2) is 4.79 Å². The molecule has 0 saturated carbocycles. The Morgan fingerprint density at radius 2 is 1.79 bits per heavy atom. The Labute approximate surface area is 141 Å². The minimum absolute atomic E-state index is 0.188. The Morgan fingerprint density at radius 1 is 1.00 bits per heavy atom. The van der Waals surface area contributed by atoms with E-state index in [0.717, 1.165) is 66.4 Å². The third kappa shape index (κ3) is 2.47. The molecule has 0 atom stereocenters. The van der Waals surface area contributed by atoms with Crippen molar-refractivity contribution in [3.8, 4) is 0 Å². The summed E-state index contributed by atoms with van der Waals surface area (Å²) in [6, 6.07) is 4.09. The van der Waals surface area contributed by atoms with Gasteiger partial charge < -0.3 is 8.83 Å². The maximum Gasteiger partial charge on any atom is 0.339 e. The fraction of sp³-hybridized carbons (Fsp3) is 0.476. The number of furan rings is 1. The van der Waals surface area contributed by atoms with Gasteiger partial charge in [0.05, 0.1) is 0 Å². The van der Waals surface area contributed by atoms with Crippen LogP contribution in [0.15, 0.2) is 25.8 Å². The lowest BCUT2D eigenvalue weighted by molar-refractivity contribution is 0.504. The zero-order chi connectivity index (χ0) is 16.7.